The lowest BCUT2D eigenvalue weighted by atomic mass is 10.2. The smallest absolute Gasteiger partial charge is 0.229 e. The van der Waals surface area contributed by atoms with Gasteiger partial charge in [-0.05, 0) is 30.3 Å². The summed E-state index contributed by atoms with van der Waals surface area (Å²) in [5, 5.41) is 12.4. The number of anilines is 4. The molecule has 1 aromatic heterocycles. The van der Waals surface area contributed by atoms with Crippen molar-refractivity contribution in [2.24, 2.45) is 0 Å². The lowest BCUT2D eigenvalue weighted by Gasteiger charge is -2.36. The lowest BCUT2D eigenvalue weighted by Crippen LogP contribution is -2.46. The average molecular weight is 356 g/mol. The number of nitriles is 1. The molecule has 0 atom stereocenters. The molecule has 0 saturated carbocycles. The summed E-state index contributed by atoms with van der Waals surface area (Å²) < 4.78 is 0. The third-order valence-electron chi connectivity index (χ3n) is 4.66. The average Bonchev–Trinajstić information content (AvgIpc) is 2.75. The van der Waals surface area contributed by atoms with Crippen LogP contribution in [-0.4, -0.2) is 36.1 Å². The van der Waals surface area contributed by atoms with Crippen LogP contribution in [0, 0.1) is 11.3 Å². The van der Waals surface area contributed by atoms with Gasteiger partial charge in [0.2, 0.25) is 5.95 Å². The van der Waals surface area contributed by atoms with E-state index in [1.54, 1.807) is 12.3 Å². The maximum atomic E-state index is 9.23. The molecule has 1 aliphatic heterocycles. The van der Waals surface area contributed by atoms with Gasteiger partial charge in [-0.15, -0.1) is 0 Å². The highest BCUT2D eigenvalue weighted by atomic mass is 15.3. The van der Waals surface area contributed by atoms with Gasteiger partial charge in [0.1, 0.15) is 11.9 Å². The van der Waals surface area contributed by atoms with Crippen LogP contribution in [0.5, 0.6) is 0 Å². The highest BCUT2D eigenvalue weighted by Crippen LogP contribution is 2.21. The Morgan fingerprint density at radius 3 is 2.33 bits per heavy atom. The standard InChI is InChI=1S/C21H20N6/c22-16-17-6-4-5-9-19(17)24-21-23-11-10-20(25-21)27-14-12-26(13-15-27)18-7-2-1-3-8-18/h1-11H,12-15H2,(H,23,24,25). The topological polar surface area (TPSA) is 68.1 Å². The first-order valence-electron chi connectivity index (χ1n) is 8.97. The molecule has 2 aromatic carbocycles. The molecule has 1 aliphatic rings. The molecule has 0 amide bonds. The summed E-state index contributed by atoms with van der Waals surface area (Å²) >= 11 is 0. The van der Waals surface area contributed by atoms with Crippen molar-refractivity contribution in [3.63, 3.8) is 0 Å². The molecular weight excluding hydrogens is 336 g/mol. The molecule has 2 heterocycles. The molecule has 1 fully saturated rings. The van der Waals surface area contributed by atoms with Crippen LogP contribution in [0.3, 0.4) is 0 Å². The Bertz CT molecular complexity index is 942. The minimum Gasteiger partial charge on any atom is -0.368 e. The number of benzene rings is 2. The molecule has 0 radical (unpaired) electrons. The van der Waals surface area contributed by atoms with Gasteiger partial charge in [-0.25, -0.2) is 4.98 Å². The summed E-state index contributed by atoms with van der Waals surface area (Å²) in [4.78, 5) is 13.6. The molecule has 0 aliphatic carbocycles. The first-order valence-corrected chi connectivity index (χ1v) is 8.97. The van der Waals surface area contributed by atoms with E-state index >= 15 is 0 Å². The van der Waals surface area contributed by atoms with E-state index in [0.717, 1.165) is 32.0 Å². The fourth-order valence-corrected chi connectivity index (χ4v) is 3.23. The number of aromatic nitrogens is 2. The van der Waals surface area contributed by atoms with Crippen LogP contribution in [0.15, 0.2) is 66.9 Å². The number of rotatable bonds is 4. The monoisotopic (exact) mass is 356 g/mol. The molecule has 0 bridgehead atoms. The van der Waals surface area contributed by atoms with Crippen molar-refractivity contribution in [2.75, 3.05) is 41.3 Å². The summed E-state index contributed by atoms with van der Waals surface area (Å²) in [6.07, 6.45) is 1.75. The Kier molecular flexibility index (Phi) is 4.84. The van der Waals surface area contributed by atoms with Crippen molar-refractivity contribution in [3.05, 3.63) is 72.4 Å². The zero-order chi connectivity index (χ0) is 18.5. The second-order valence-electron chi connectivity index (χ2n) is 6.33. The third-order valence-corrected chi connectivity index (χ3v) is 4.66. The van der Waals surface area contributed by atoms with E-state index in [-0.39, 0.29) is 0 Å². The fourth-order valence-electron chi connectivity index (χ4n) is 3.23. The van der Waals surface area contributed by atoms with Crippen molar-refractivity contribution in [1.82, 2.24) is 9.97 Å². The molecule has 6 nitrogen and oxygen atoms in total. The van der Waals surface area contributed by atoms with E-state index in [0.29, 0.717) is 17.2 Å². The molecule has 6 heteroatoms. The molecule has 3 aromatic rings. The highest BCUT2D eigenvalue weighted by molar-refractivity contribution is 5.63. The fraction of sp³-hybridized carbons (Fsp3) is 0.190. The molecule has 0 spiro atoms. The van der Waals surface area contributed by atoms with Crippen LogP contribution in [-0.2, 0) is 0 Å². The van der Waals surface area contributed by atoms with E-state index in [2.05, 4.69) is 55.4 Å². The Balaban J connectivity index is 1.45. The molecule has 27 heavy (non-hydrogen) atoms. The second-order valence-corrected chi connectivity index (χ2v) is 6.33. The number of nitrogens with zero attached hydrogens (tertiary/aromatic N) is 5. The van der Waals surface area contributed by atoms with E-state index in [9.17, 15) is 5.26 Å². The van der Waals surface area contributed by atoms with Crippen LogP contribution in [0.2, 0.25) is 0 Å². The first kappa shape index (κ1) is 16.9. The number of para-hydroxylation sites is 2. The van der Waals surface area contributed by atoms with Gasteiger partial charge < -0.3 is 15.1 Å². The molecule has 4 rings (SSSR count). The Morgan fingerprint density at radius 1 is 0.852 bits per heavy atom. The van der Waals surface area contributed by atoms with Gasteiger partial charge in [0, 0.05) is 38.1 Å². The third kappa shape index (κ3) is 3.82. The van der Waals surface area contributed by atoms with Crippen LogP contribution >= 0.6 is 0 Å². The Morgan fingerprint density at radius 2 is 1.56 bits per heavy atom. The van der Waals surface area contributed by atoms with Crippen LogP contribution in [0.4, 0.5) is 23.1 Å². The van der Waals surface area contributed by atoms with Gasteiger partial charge in [0.15, 0.2) is 0 Å². The molecule has 134 valence electrons. The van der Waals surface area contributed by atoms with E-state index in [1.807, 2.05) is 30.3 Å². The number of hydrogen-bond donors (Lipinski definition) is 1. The van der Waals surface area contributed by atoms with Gasteiger partial charge in [-0.2, -0.15) is 10.2 Å². The van der Waals surface area contributed by atoms with Crippen LogP contribution in [0.25, 0.3) is 0 Å². The normalized spacial score (nSPS) is 13.9. The van der Waals surface area contributed by atoms with Gasteiger partial charge in [0.05, 0.1) is 11.3 Å². The van der Waals surface area contributed by atoms with Gasteiger partial charge in [0.25, 0.3) is 0 Å². The maximum Gasteiger partial charge on any atom is 0.229 e. The van der Waals surface area contributed by atoms with Crippen molar-refractivity contribution < 1.29 is 0 Å². The number of hydrogen-bond acceptors (Lipinski definition) is 6. The summed E-state index contributed by atoms with van der Waals surface area (Å²) in [6, 6.07) is 21.9. The van der Waals surface area contributed by atoms with E-state index < -0.39 is 0 Å². The van der Waals surface area contributed by atoms with Crippen molar-refractivity contribution >= 4 is 23.1 Å². The van der Waals surface area contributed by atoms with Crippen molar-refractivity contribution in [1.29, 1.82) is 5.26 Å². The second kappa shape index (κ2) is 7.75. The molecule has 1 saturated heterocycles. The van der Waals surface area contributed by atoms with E-state index in [4.69, 9.17) is 0 Å². The van der Waals surface area contributed by atoms with Crippen LogP contribution < -0.4 is 15.1 Å². The Labute approximate surface area is 158 Å². The van der Waals surface area contributed by atoms with Crippen molar-refractivity contribution in [2.45, 2.75) is 0 Å². The maximum absolute atomic E-state index is 9.23. The summed E-state index contributed by atoms with van der Waals surface area (Å²) in [5.41, 5.74) is 2.55. The van der Waals surface area contributed by atoms with Gasteiger partial charge in [-0.3, -0.25) is 0 Å². The minimum atomic E-state index is 0.501. The molecule has 0 unspecified atom stereocenters. The largest absolute Gasteiger partial charge is 0.368 e. The summed E-state index contributed by atoms with van der Waals surface area (Å²) in [6.45, 7) is 3.71. The van der Waals surface area contributed by atoms with Crippen molar-refractivity contribution in [3.8, 4) is 6.07 Å². The quantitative estimate of drug-likeness (QED) is 0.773. The Hall–Kier alpha value is -3.59. The highest BCUT2D eigenvalue weighted by Gasteiger charge is 2.18. The predicted octanol–water partition coefficient (Wildman–Crippen LogP) is 3.42. The summed E-state index contributed by atoms with van der Waals surface area (Å²) in [7, 11) is 0. The van der Waals surface area contributed by atoms with E-state index in [1.165, 1.54) is 5.69 Å². The number of nitrogens with one attached hydrogen (secondary N) is 1. The minimum absolute atomic E-state index is 0.501. The predicted molar refractivity (Wildman–Crippen MR) is 107 cm³/mol. The molecular formula is C21H20N6. The summed E-state index contributed by atoms with van der Waals surface area (Å²) in [5.74, 6) is 1.40. The zero-order valence-corrected chi connectivity index (χ0v) is 14.9. The first-order chi connectivity index (χ1) is 13.3. The van der Waals surface area contributed by atoms with Gasteiger partial charge >= 0.3 is 0 Å². The van der Waals surface area contributed by atoms with Gasteiger partial charge in [-0.1, -0.05) is 30.3 Å². The number of piperazine rings is 1. The molecule has 1 N–H and O–H groups in total. The SMILES string of the molecule is N#Cc1ccccc1Nc1nccc(N2CCN(c3ccccc3)CC2)n1. The van der Waals surface area contributed by atoms with Crippen LogP contribution in [0.1, 0.15) is 5.56 Å². The lowest BCUT2D eigenvalue weighted by molar-refractivity contribution is 0.647. The zero-order valence-electron chi connectivity index (χ0n) is 14.9.